The molecule has 9 heteroatoms. The number of carbonyl (C=O) groups is 1. The Kier molecular flexibility index (Phi) is 5.31. The second-order valence-electron chi connectivity index (χ2n) is 7.37. The molecule has 1 fully saturated rings. The minimum atomic E-state index is -0.854. The maximum absolute atomic E-state index is 14.1. The summed E-state index contributed by atoms with van der Waals surface area (Å²) in [5, 5.41) is 0. The summed E-state index contributed by atoms with van der Waals surface area (Å²) in [6.45, 7) is 3.45. The molecule has 2 aliphatic heterocycles. The zero-order valence-corrected chi connectivity index (χ0v) is 16.5. The third-order valence-corrected chi connectivity index (χ3v) is 5.19. The molecule has 2 aliphatic rings. The average Bonchev–Trinajstić information content (AvgIpc) is 2.72. The van der Waals surface area contributed by atoms with Gasteiger partial charge in [0.1, 0.15) is 17.5 Å². The van der Waals surface area contributed by atoms with Crippen molar-refractivity contribution in [1.29, 1.82) is 0 Å². The van der Waals surface area contributed by atoms with E-state index in [0.717, 1.165) is 42.3 Å². The Bertz CT molecular complexity index is 931. The second kappa shape index (κ2) is 7.90. The minimum Gasteiger partial charge on any atom is -0.378 e. The molecule has 154 valence electrons. The van der Waals surface area contributed by atoms with Gasteiger partial charge in [0, 0.05) is 51.8 Å². The van der Waals surface area contributed by atoms with Crippen LogP contribution in [0, 0.1) is 11.6 Å². The predicted molar refractivity (Wildman–Crippen MR) is 104 cm³/mol. The monoisotopic (exact) mass is 403 g/mol. The van der Waals surface area contributed by atoms with Gasteiger partial charge in [0.2, 0.25) is 5.95 Å². The van der Waals surface area contributed by atoms with Crippen molar-refractivity contribution in [3.8, 4) is 0 Å². The number of halogens is 2. The summed E-state index contributed by atoms with van der Waals surface area (Å²) in [5.74, 6) is -0.613. The van der Waals surface area contributed by atoms with Crippen molar-refractivity contribution in [2.24, 2.45) is 0 Å². The van der Waals surface area contributed by atoms with E-state index in [-0.39, 0.29) is 12.1 Å². The largest absolute Gasteiger partial charge is 0.378 e. The van der Waals surface area contributed by atoms with Crippen LogP contribution in [0.2, 0.25) is 0 Å². The van der Waals surface area contributed by atoms with Crippen molar-refractivity contribution < 1.29 is 18.3 Å². The maximum Gasteiger partial charge on any atom is 0.257 e. The van der Waals surface area contributed by atoms with Crippen LogP contribution in [0.25, 0.3) is 0 Å². The Morgan fingerprint density at radius 3 is 2.59 bits per heavy atom. The normalized spacial score (nSPS) is 16.6. The van der Waals surface area contributed by atoms with Gasteiger partial charge in [-0.1, -0.05) is 0 Å². The SMILES string of the molecule is CN(C)c1nc(N2CCOCC2)nc2c1CN(C(=O)c1ccc(F)cc1F)CC2. The van der Waals surface area contributed by atoms with Gasteiger partial charge in [-0.2, -0.15) is 4.98 Å². The van der Waals surface area contributed by atoms with Crippen LogP contribution in [0.3, 0.4) is 0 Å². The molecule has 1 aromatic heterocycles. The van der Waals surface area contributed by atoms with E-state index < -0.39 is 17.5 Å². The van der Waals surface area contributed by atoms with E-state index in [1.54, 1.807) is 4.90 Å². The lowest BCUT2D eigenvalue weighted by Gasteiger charge is -2.33. The Morgan fingerprint density at radius 2 is 1.90 bits per heavy atom. The van der Waals surface area contributed by atoms with Crippen molar-refractivity contribution in [3.05, 3.63) is 46.7 Å². The number of fused-ring (bicyclic) bond motifs is 1. The Hall–Kier alpha value is -2.81. The molecule has 0 radical (unpaired) electrons. The van der Waals surface area contributed by atoms with Gasteiger partial charge in [0.25, 0.3) is 5.91 Å². The van der Waals surface area contributed by atoms with Gasteiger partial charge in [-0.15, -0.1) is 0 Å². The number of amides is 1. The summed E-state index contributed by atoms with van der Waals surface area (Å²) >= 11 is 0. The number of rotatable bonds is 3. The number of hydrogen-bond acceptors (Lipinski definition) is 6. The van der Waals surface area contributed by atoms with E-state index in [1.165, 1.54) is 6.07 Å². The van der Waals surface area contributed by atoms with E-state index in [0.29, 0.717) is 32.1 Å². The van der Waals surface area contributed by atoms with Crippen LogP contribution in [0.15, 0.2) is 18.2 Å². The van der Waals surface area contributed by atoms with E-state index in [9.17, 15) is 13.6 Å². The van der Waals surface area contributed by atoms with Crippen molar-refractivity contribution in [1.82, 2.24) is 14.9 Å². The Balaban J connectivity index is 1.63. The molecule has 0 unspecified atom stereocenters. The molecule has 1 amide bonds. The molecule has 1 saturated heterocycles. The number of hydrogen-bond donors (Lipinski definition) is 0. The number of anilines is 2. The smallest absolute Gasteiger partial charge is 0.257 e. The van der Waals surface area contributed by atoms with Gasteiger partial charge in [0.15, 0.2) is 0 Å². The van der Waals surface area contributed by atoms with Gasteiger partial charge in [-0.3, -0.25) is 4.79 Å². The van der Waals surface area contributed by atoms with E-state index in [1.807, 2.05) is 19.0 Å². The van der Waals surface area contributed by atoms with Crippen LogP contribution in [-0.2, 0) is 17.7 Å². The highest BCUT2D eigenvalue weighted by Crippen LogP contribution is 2.29. The van der Waals surface area contributed by atoms with Crippen molar-refractivity contribution in [2.45, 2.75) is 13.0 Å². The first-order valence-corrected chi connectivity index (χ1v) is 9.58. The van der Waals surface area contributed by atoms with Crippen molar-refractivity contribution in [3.63, 3.8) is 0 Å². The number of carbonyl (C=O) groups excluding carboxylic acids is 1. The fourth-order valence-electron chi connectivity index (χ4n) is 3.67. The molecule has 0 atom stereocenters. The fourth-order valence-corrected chi connectivity index (χ4v) is 3.67. The molecular weight excluding hydrogens is 380 g/mol. The van der Waals surface area contributed by atoms with Crippen LogP contribution in [0.1, 0.15) is 21.6 Å². The molecule has 4 rings (SSSR count). The molecule has 1 aromatic carbocycles. The van der Waals surface area contributed by atoms with E-state index in [2.05, 4.69) is 4.90 Å². The lowest BCUT2D eigenvalue weighted by Crippen LogP contribution is -2.40. The number of benzene rings is 1. The molecule has 2 aromatic rings. The number of ether oxygens (including phenoxy) is 1. The lowest BCUT2D eigenvalue weighted by atomic mass is 10.0. The quantitative estimate of drug-likeness (QED) is 0.780. The first kappa shape index (κ1) is 19.5. The van der Waals surface area contributed by atoms with Crippen LogP contribution < -0.4 is 9.80 Å². The third-order valence-electron chi connectivity index (χ3n) is 5.19. The number of nitrogens with zero attached hydrogens (tertiary/aromatic N) is 5. The molecule has 7 nitrogen and oxygen atoms in total. The molecule has 0 bridgehead atoms. The van der Waals surface area contributed by atoms with Crippen molar-refractivity contribution >= 4 is 17.7 Å². The van der Waals surface area contributed by atoms with Crippen LogP contribution in [0.5, 0.6) is 0 Å². The molecule has 0 aliphatic carbocycles. The standard InChI is InChI=1S/C20H23F2N5O2/c1-25(2)18-15-12-27(19(28)14-4-3-13(21)11-16(14)22)6-5-17(15)23-20(24-18)26-7-9-29-10-8-26/h3-4,11H,5-10,12H2,1-2H3. The summed E-state index contributed by atoms with van der Waals surface area (Å²) in [4.78, 5) is 27.9. The Labute approximate surface area is 167 Å². The molecule has 29 heavy (non-hydrogen) atoms. The summed E-state index contributed by atoms with van der Waals surface area (Å²) < 4.78 is 32.7. The van der Waals surface area contributed by atoms with Gasteiger partial charge in [-0.25, -0.2) is 13.8 Å². The predicted octanol–water partition coefficient (Wildman–Crippen LogP) is 1.86. The second-order valence-corrected chi connectivity index (χ2v) is 7.37. The van der Waals surface area contributed by atoms with Gasteiger partial charge < -0.3 is 19.4 Å². The summed E-state index contributed by atoms with van der Waals surface area (Å²) in [6.07, 6.45) is 0.546. The van der Waals surface area contributed by atoms with Crippen molar-refractivity contribution in [2.75, 3.05) is 56.7 Å². The van der Waals surface area contributed by atoms with Gasteiger partial charge in [-0.05, 0) is 12.1 Å². The number of morpholine rings is 1. The first-order valence-electron chi connectivity index (χ1n) is 9.58. The minimum absolute atomic E-state index is 0.132. The summed E-state index contributed by atoms with van der Waals surface area (Å²) in [6, 6.07) is 3.01. The maximum atomic E-state index is 14.1. The average molecular weight is 403 g/mol. The van der Waals surface area contributed by atoms with Crippen LogP contribution >= 0.6 is 0 Å². The van der Waals surface area contributed by atoms with E-state index in [4.69, 9.17) is 14.7 Å². The molecule has 0 spiro atoms. The van der Waals surface area contributed by atoms with Crippen LogP contribution in [-0.4, -0.2) is 67.7 Å². The highest BCUT2D eigenvalue weighted by atomic mass is 19.1. The molecular formula is C20H23F2N5O2. The first-order chi connectivity index (χ1) is 13.9. The third kappa shape index (κ3) is 3.87. The molecule has 0 N–H and O–H groups in total. The highest BCUT2D eigenvalue weighted by Gasteiger charge is 2.29. The topological polar surface area (TPSA) is 61.8 Å². The highest BCUT2D eigenvalue weighted by molar-refractivity contribution is 5.94. The van der Waals surface area contributed by atoms with E-state index >= 15 is 0 Å². The zero-order valence-electron chi connectivity index (χ0n) is 16.5. The summed E-state index contributed by atoms with van der Waals surface area (Å²) in [7, 11) is 3.79. The number of aromatic nitrogens is 2. The Morgan fingerprint density at radius 1 is 1.14 bits per heavy atom. The van der Waals surface area contributed by atoms with Crippen LogP contribution in [0.4, 0.5) is 20.5 Å². The molecule has 3 heterocycles. The summed E-state index contributed by atoms with van der Waals surface area (Å²) in [5.41, 5.74) is 1.62. The lowest BCUT2D eigenvalue weighted by molar-refractivity contribution is 0.0728. The fraction of sp³-hybridized carbons (Fsp3) is 0.450. The molecule has 0 saturated carbocycles. The zero-order chi connectivity index (χ0) is 20.5. The van der Waals surface area contributed by atoms with Gasteiger partial charge >= 0.3 is 0 Å². The van der Waals surface area contributed by atoms with Gasteiger partial charge in [0.05, 0.1) is 31.0 Å².